The average molecular weight is 265 g/mol. The predicted octanol–water partition coefficient (Wildman–Crippen LogP) is 2.29. The zero-order chi connectivity index (χ0) is 13.7. The summed E-state index contributed by atoms with van der Waals surface area (Å²) in [5.41, 5.74) is 0.973. The van der Waals surface area contributed by atoms with E-state index >= 15 is 0 Å². The quantitative estimate of drug-likeness (QED) is 0.736. The monoisotopic (exact) mass is 265 g/mol. The fourth-order valence-electron chi connectivity index (χ4n) is 2.81. The molecule has 1 aliphatic carbocycles. The maximum absolute atomic E-state index is 12.3. The molecule has 4 heteroatoms. The van der Waals surface area contributed by atoms with E-state index in [9.17, 15) is 9.59 Å². The van der Waals surface area contributed by atoms with Gasteiger partial charge < -0.3 is 9.64 Å². The standard InChI is InChI=1S/C15H23NO3/c1-2-19-15(18)13-8-10-16(11-9-13)14(17)12-6-4-3-5-7-12/h6,13H,2-5,7-11H2,1H3. The van der Waals surface area contributed by atoms with Crippen LogP contribution in [-0.2, 0) is 14.3 Å². The minimum absolute atomic E-state index is 0.0238. The Bertz CT molecular complexity index is 368. The molecular formula is C15H23NO3. The van der Waals surface area contributed by atoms with E-state index in [0.29, 0.717) is 19.7 Å². The highest BCUT2D eigenvalue weighted by atomic mass is 16.5. The lowest BCUT2D eigenvalue weighted by Crippen LogP contribution is -2.41. The lowest BCUT2D eigenvalue weighted by molar-refractivity contribution is -0.150. The Morgan fingerprint density at radius 1 is 1.32 bits per heavy atom. The van der Waals surface area contributed by atoms with Gasteiger partial charge in [-0.05, 0) is 45.4 Å². The third-order valence-electron chi connectivity index (χ3n) is 3.97. The Kier molecular flexibility index (Phi) is 5.00. The summed E-state index contributed by atoms with van der Waals surface area (Å²) in [7, 11) is 0. The third-order valence-corrected chi connectivity index (χ3v) is 3.97. The first-order valence-corrected chi connectivity index (χ1v) is 7.37. The molecular weight excluding hydrogens is 242 g/mol. The summed E-state index contributed by atoms with van der Waals surface area (Å²) in [6.45, 7) is 3.62. The van der Waals surface area contributed by atoms with Gasteiger partial charge in [0.2, 0.25) is 5.91 Å². The first-order valence-electron chi connectivity index (χ1n) is 7.37. The molecule has 1 heterocycles. The topological polar surface area (TPSA) is 46.6 Å². The molecule has 0 aromatic rings. The molecule has 0 aromatic carbocycles. The number of carbonyl (C=O) groups is 2. The number of nitrogens with zero attached hydrogens (tertiary/aromatic N) is 1. The van der Waals surface area contributed by atoms with Crippen molar-refractivity contribution >= 4 is 11.9 Å². The van der Waals surface area contributed by atoms with E-state index in [-0.39, 0.29) is 17.8 Å². The van der Waals surface area contributed by atoms with Gasteiger partial charge in [0.1, 0.15) is 0 Å². The number of piperidine rings is 1. The van der Waals surface area contributed by atoms with Gasteiger partial charge in [0.25, 0.3) is 0 Å². The van der Waals surface area contributed by atoms with Crippen LogP contribution in [0.15, 0.2) is 11.6 Å². The molecule has 1 fully saturated rings. The van der Waals surface area contributed by atoms with Crippen LogP contribution < -0.4 is 0 Å². The van der Waals surface area contributed by atoms with Crippen molar-refractivity contribution in [1.29, 1.82) is 0 Å². The van der Waals surface area contributed by atoms with Gasteiger partial charge in [-0.25, -0.2) is 0 Å². The van der Waals surface area contributed by atoms with Crippen LogP contribution in [0, 0.1) is 5.92 Å². The van der Waals surface area contributed by atoms with Gasteiger partial charge in [0, 0.05) is 18.7 Å². The van der Waals surface area contributed by atoms with E-state index in [1.165, 1.54) is 6.42 Å². The molecule has 1 saturated heterocycles. The Hall–Kier alpha value is -1.32. The highest BCUT2D eigenvalue weighted by Gasteiger charge is 2.29. The van der Waals surface area contributed by atoms with Gasteiger partial charge in [-0.1, -0.05) is 6.08 Å². The molecule has 1 aliphatic heterocycles. The molecule has 4 nitrogen and oxygen atoms in total. The SMILES string of the molecule is CCOC(=O)C1CCN(C(=O)C2=CCCCC2)CC1. The highest BCUT2D eigenvalue weighted by molar-refractivity contribution is 5.93. The maximum Gasteiger partial charge on any atom is 0.309 e. The van der Waals surface area contributed by atoms with Crippen molar-refractivity contribution in [3.05, 3.63) is 11.6 Å². The summed E-state index contributed by atoms with van der Waals surface area (Å²) >= 11 is 0. The third kappa shape index (κ3) is 3.58. The van der Waals surface area contributed by atoms with Crippen molar-refractivity contribution in [3.8, 4) is 0 Å². The molecule has 0 aromatic heterocycles. The first kappa shape index (κ1) is 14.1. The van der Waals surface area contributed by atoms with Gasteiger partial charge in [-0.15, -0.1) is 0 Å². The van der Waals surface area contributed by atoms with Crippen molar-refractivity contribution in [2.45, 2.75) is 45.4 Å². The summed E-state index contributed by atoms with van der Waals surface area (Å²) in [5, 5.41) is 0. The number of ether oxygens (including phenoxy) is 1. The van der Waals surface area contributed by atoms with Crippen molar-refractivity contribution in [1.82, 2.24) is 4.90 Å². The zero-order valence-corrected chi connectivity index (χ0v) is 11.7. The van der Waals surface area contributed by atoms with Crippen LogP contribution in [0.3, 0.4) is 0 Å². The molecule has 2 aliphatic rings. The van der Waals surface area contributed by atoms with Gasteiger partial charge in [-0.3, -0.25) is 9.59 Å². The lowest BCUT2D eigenvalue weighted by atomic mass is 9.94. The summed E-state index contributed by atoms with van der Waals surface area (Å²) in [4.78, 5) is 25.8. The number of hydrogen-bond donors (Lipinski definition) is 0. The number of carbonyl (C=O) groups excluding carboxylic acids is 2. The number of amides is 1. The molecule has 1 amide bonds. The number of likely N-dealkylation sites (tertiary alicyclic amines) is 1. The van der Waals surface area contributed by atoms with E-state index in [2.05, 4.69) is 6.08 Å². The van der Waals surface area contributed by atoms with Crippen LogP contribution in [0.25, 0.3) is 0 Å². The van der Waals surface area contributed by atoms with Gasteiger partial charge in [-0.2, -0.15) is 0 Å². The molecule has 0 N–H and O–H groups in total. The molecule has 19 heavy (non-hydrogen) atoms. The molecule has 0 atom stereocenters. The van der Waals surface area contributed by atoms with Crippen LogP contribution in [0.5, 0.6) is 0 Å². The number of allylic oxidation sites excluding steroid dienone is 1. The fourth-order valence-corrected chi connectivity index (χ4v) is 2.81. The first-order chi connectivity index (χ1) is 9.22. The molecule has 106 valence electrons. The van der Waals surface area contributed by atoms with Crippen LogP contribution in [0.2, 0.25) is 0 Å². The van der Waals surface area contributed by atoms with E-state index in [1.54, 1.807) is 0 Å². The highest BCUT2D eigenvalue weighted by Crippen LogP contribution is 2.23. The van der Waals surface area contributed by atoms with Crippen LogP contribution in [0.1, 0.15) is 45.4 Å². The second-order valence-corrected chi connectivity index (χ2v) is 5.29. The number of esters is 1. The van der Waals surface area contributed by atoms with E-state index < -0.39 is 0 Å². The maximum atomic E-state index is 12.3. The number of rotatable bonds is 3. The van der Waals surface area contributed by atoms with Crippen LogP contribution >= 0.6 is 0 Å². The van der Waals surface area contributed by atoms with Crippen molar-refractivity contribution in [2.75, 3.05) is 19.7 Å². The van der Waals surface area contributed by atoms with Crippen molar-refractivity contribution in [3.63, 3.8) is 0 Å². The Morgan fingerprint density at radius 2 is 2.05 bits per heavy atom. The Labute approximate surface area is 114 Å². The average Bonchev–Trinajstić information content (AvgIpc) is 2.48. The van der Waals surface area contributed by atoms with Gasteiger partial charge in [0.15, 0.2) is 0 Å². The molecule has 0 saturated carbocycles. The van der Waals surface area contributed by atoms with E-state index in [1.807, 2.05) is 11.8 Å². The molecule has 2 rings (SSSR count). The fraction of sp³-hybridized carbons (Fsp3) is 0.733. The van der Waals surface area contributed by atoms with Gasteiger partial charge >= 0.3 is 5.97 Å². The molecule has 0 unspecified atom stereocenters. The summed E-state index contributed by atoms with van der Waals surface area (Å²) < 4.78 is 5.04. The van der Waals surface area contributed by atoms with Crippen LogP contribution in [0.4, 0.5) is 0 Å². The predicted molar refractivity (Wildman–Crippen MR) is 72.5 cm³/mol. The zero-order valence-electron chi connectivity index (χ0n) is 11.7. The Morgan fingerprint density at radius 3 is 2.63 bits per heavy atom. The second-order valence-electron chi connectivity index (χ2n) is 5.29. The summed E-state index contributed by atoms with van der Waals surface area (Å²) in [6.07, 6.45) is 7.81. The van der Waals surface area contributed by atoms with Crippen LogP contribution in [-0.4, -0.2) is 36.5 Å². The molecule has 0 radical (unpaired) electrons. The number of hydrogen-bond acceptors (Lipinski definition) is 3. The lowest BCUT2D eigenvalue weighted by Gasteiger charge is -2.32. The van der Waals surface area contributed by atoms with Crippen molar-refractivity contribution < 1.29 is 14.3 Å². The van der Waals surface area contributed by atoms with Crippen molar-refractivity contribution in [2.24, 2.45) is 5.92 Å². The minimum Gasteiger partial charge on any atom is -0.466 e. The largest absolute Gasteiger partial charge is 0.466 e. The van der Waals surface area contributed by atoms with E-state index in [0.717, 1.165) is 37.7 Å². The van der Waals surface area contributed by atoms with E-state index in [4.69, 9.17) is 4.74 Å². The van der Waals surface area contributed by atoms with Gasteiger partial charge in [0.05, 0.1) is 12.5 Å². The summed E-state index contributed by atoms with van der Waals surface area (Å²) in [6, 6.07) is 0. The second kappa shape index (κ2) is 6.73. The Balaban J connectivity index is 1.84. The molecule has 0 spiro atoms. The normalized spacial score (nSPS) is 20.9. The minimum atomic E-state index is -0.105. The smallest absolute Gasteiger partial charge is 0.309 e. The molecule has 0 bridgehead atoms. The summed E-state index contributed by atoms with van der Waals surface area (Å²) in [5.74, 6) is 0.0535.